The van der Waals surface area contributed by atoms with E-state index in [0.29, 0.717) is 5.92 Å². The average Bonchev–Trinajstić information content (AvgIpc) is 2.40. The molecule has 0 spiro atoms. The first-order chi connectivity index (χ1) is 9.63. The summed E-state index contributed by atoms with van der Waals surface area (Å²) in [7, 11) is 0. The van der Waals surface area contributed by atoms with E-state index in [-0.39, 0.29) is 0 Å². The molecule has 0 bridgehead atoms. The van der Waals surface area contributed by atoms with Crippen molar-refractivity contribution < 1.29 is 0 Å². The van der Waals surface area contributed by atoms with Crippen LogP contribution in [0, 0.1) is 5.92 Å². The van der Waals surface area contributed by atoms with Crippen LogP contribution in [-0.4, -0.2) is 29.5 Å². The Morgan fingerprint density at radius 2 is 2.20 bits per heavy atom. The summed E-state index contributed by atoms with van der Waals surface area (Å²) in [5, 5.41) is 3.45. The molecule has 0 aromatic carbocycles. The highest BCUT2D eigenvalue weighted by Gasteiger charge is 2.10. The zero-order chi connectivity index (χ0) is 14.4. The largest absolute Gasteiger partial charge is 0.312 e. The van der Waals surface area contributed by atoms with E-state index in [1.807, 2.05) is 6.20 Å². The summed E-state index contributed by atoms with van der Waals surface area (Å²) in [6, 6.07) is 4.36. The van der Waals surface area contributed by atoms with Crippen LogP contribution in [0.1, 0.15) is 38.4 Å². The maximum Gasteiger partial charge on any atom is 0.0544 e. The van der Waals surface area contributed by atoms with Crippen molar-refractivity contribution in [3.8, 4) is 0 Å². The van der Waals surface area contributed by atoms with Crippen molar-refractivity contribution >= 4 is 0 Å². The lowest BCUT2D eigenvalue weighted by molar-refractivity contribution is 0.279. The number of pyridine rings is 1. The maximum absolute atomic E-state index is 4.59. The zero-order valence-electron chi connectivity index (χ0n) is 13.0. The summed E-state index contributed by atoms with van der Waals surface area (Å²) in [4.78, 5) is 7.06. The molecule has 0 saturated heterocycles. The van der Waals surface area contributed by atoms with Gasteiger partial charge in [-0.05, 0) is 37.4 Å². The third-order valence-electron chi connectivity index (χ3n) is 3.56. The van der Waals surface area contributed by atoms with Crippen LogP contribution < -0.4 is 5.32 Å². The van der Waals surface area contributed by atoms with Crippen LogP contribution in [-0.2, 0) is 13.1 Å². The summed E-state index contributed by atoms with van der Waals surface area (Å²) in [5.41, 5.74) is 3.92. The first-order valence-electron chi connectivity index (χ1n) is 7.66. The predicted octanol–water partition coefficient (Wildman–Crippen LogP) is 2.98. The standard InChI is InChI=1S/C17H27N3/c1-14(2)9-18-10-16-6-7-17(19-11-16)13-20-8-4-5-15(3)12-20/h5-7,11,14,18H,4,8-10,12-13H2,1-3H3. The van der Waals surface area contributed by atoms with Gasteiger partial charge in [-0.25, -0.2) is 0 Å². The Morgan fingerprint density at radius 3 is 2.85 bits per heavy atom. The lowest BCUT2D eigenvalue weighted by Crippen LogP contribution is -2.29. The topological polar surface area (TPSA) is 28.2 Å². The minimum Gasteiger partial charge on any atom is -0.312 e. The predicted molar refractivity (Wildman–Crippen MR) is 84.4 cm³/mol. The van der Waals surface area contributed by atoms with E-state index in [1.165, 1.54) is 23.3 Å². The lowest BCUT2D eigenvalue weighted by Gasteiger charge is -2.25. The fraction of sp³-hybridized carbons (Fsp3) is 0.588. The van der Waals surface area contributed by atoms with Crippen molar-refractivity contribution in [2.24, 2.45) is 5.92 Å². The normalized spacial score (nSPS) is 16.5. The van der Waals surface area contributed by atoms with Gasteiger partial charge < -0.3 is 5.32 Å². The van der Waals surface area contributed by atoms with Gasteiger partial charge in [-0.1, -0.05) is 31.6 Å². The van der Waals surface area contributed by atoms with Crippen LogP contribution in [0.2, 0.25) is 0 Å². The minimum absolute atomic E-state index is 0.692. The van der Waals surface area contributed by atoms with Crippen LogP contribution in [0.3, 0.4) is 0 Å². The van der Waals surface area contributed by atoms with Gasteiger partial charge in [0, 0.05) is 32.4 Å². The Hall–Kier alpha value is -1.19. The van der Waals surface area contributed by atoms with E-state index < -0.39 is 0 Å². The maximum atomic E-state index is 4.59. The minimum atomic E-state index is 0.692. The molecule has 3 heteroatoms. The molecule has 1 N–H and O–H groups in total. The molecule has 1 aromatic rings. The van der Waals surface area contributed by atoms with E-state index >= 15 is 0 Å². The molecule has 0 radical (unpaired) electrons. The SMILES string of the molecule is CC1=CCCN(Cc2ccc(CNCC(C)C)cn2)C1. The van der Waals surface area contributed by atoms with E-state index in [9.17, 15) is 0 Å². The smallest absolute Gasteiger partial charge is 0.0544 e. The first-order valence-corrected chi connectivity index (χ1v) is 7.66. The highest BCUT2D eigenvalue weighted by molar-refractivity contribution is 5.14. The lowest BCUT2D eigenvalue weighted by atomic mass is 10.1. The molecular weight excluding hydrogens is 246 g/mol. The summed E-state index contributed by atoms with van der Waals surface area (Å²) in [5.74, 6) is 0.692. The van der Waals surface area contributed by atoms with Crippen molar-refractivity contribution in [1.29, 1.82) is 0 Å². The molecule has 1 aliphatic heterocycles. The molecule has 0 saturated carbocycles. The van der Waals surface area contributed by atoms with Crippen molar-refractivity contribution in [2.75, 3.05) is 19.6 Å². The molecule has 110 valence electrons. The molecular formula is C17H27N3. The molecule has 0 fully saturated rings. The highest BCUT2D eigenvalue weighted by Crippen LogP contribution is 2.12. The molecule has 0 atom stereocenters. The Kier molecular flexibility index (Phi) is 5.74. The van der Waals surface area contributed by atoms with Gasteiger partial charge in [0.05, 0.1) is 5.69 Å². The van der Waals surface area contributed by atoms with Gasteiger partial charge in [-0.15, -0.1) is 0 Å². The fourth-order valence-corrected chi connectivity index (χ4v) is 2.51. The highest BCUT2D eigenvalue weighted by atomic mass is 15.1. The summed E-state index contributed by atoms with van der Waals surface area (Å²) in [6.07, 6.45) is 5.52. The van der Waals surface area contributed by atoms with Gasteiger partial charge in [0.1, 0.15) is 0 Å². The first kappa shape index (κ1) is 15.2. The van der Waals surface area contributed by atoms with Crippen molar-refractivity contribution in [2.45, 2.75) is 40.3 Å². The van der Waals surface area contributed by atoms with Crippen LogP contribution in [0.5, 0.6) is 0 Å². The summed E-state index contributed by atoms with van der Waals surface area (Å²) >= 11 is 0. The van der Waals surface area contributed by atoms with Crippen LogP contribution >= 0.6 is 0 Å². The van der Waals surface area contributed by atoms with Gasteiger partial charge in [-0.2, -0.15) is 0 Å². The third kappa shape index (κ3) is 5.06. The Morgan fingerprint density at radius 1 is 1.35 bits per heavy atom. The van der Waals surface area contributed by atoms with Crippen LogP contribution in [0.25, 0.3) is 0 Å². The number of nitrogens with zero attached hydrogens (tertiary/aromatic N) is 2. The monoisotopic (exact) mass is 273 g/mol. The number of rotatable bonds is 6. The number of hydrogen-bond acceptors (Lipinski definition) is 3. The Labute approximate surface area is 123 Å². The molecule has 0 unspecified atom stereocenters. The molecule has 0 amide bonds. The second-order valence-electron chi connectivity index (χ2n) is 6.23. The Balaban J connectivity index is 1.80. The zero-order valence-corrected chi connectivity index (χ0v) is 13.0. The van der Waals surface area contributed by atoms with E-state index in [0.717, 1.165) is 32.7 Å². The molecule has 3 nitrogen and oxygen atoms in total. The third-order valence-corrected chi connectivity index (χ3v) is 3.56. The fourth-order valence-electron chi connectivity index (χ4n) is 2.51. The molecule has 1 aliphatic rings. The number of aromatic nitrogens is 1. The number of nitrogens with one attached hydrogen (secondary N) is 1. The number of hydrogen-bond donors (Lipinski definition) is 1. The van der Waals surface area contributed by atoms with Crippen molar-refractivity contribution in [3.63, 3.8) is 0 Å². The van der Waals surface area contributed by atoms with Gasteiger partial charge >= 0.3 is 0 Å². The van der Waals surface area contributed by atoms with E-state index in [2.05, 4.69) is 54.2 Å². The molecule has 2 rings (SSSR count). The van der Waals surface area contributed by atoms with Gasteiger partial charge in [0.2, 0.25) is 0 Å². The summed E-state index contributed by atoms with van der Waals surface area (Å²) in [6.45, 7) is 11.8. The van der Waals surface area contributed by atoms with Gasteiger partial charge in [0.25, 0.3) is 0 Å². The molecule has 1 aromatic heterocycles. The van der Waals surface area contributed by atoms with Gasteiger partial charge in [0.15, 0.2) is 0 Å². The Bertz CT molecular complexity index is 434. The van der Waals surface area contributed by atoms with E-state index in [4.69, 9.17) is 0 Å². The van der Waals surface area contributed by atoms with Crippen LogP contribution in [0.15, 0.2) is 30.0 Å². The average molecular weight is 273 g/mol. The second-order valence-corrected chi connectivity index (χ2v) is 6.23. The molecule has 2 heterocycles. The quantitative estimate of drug-likeness (QED) is 0.808. The molecule has 20 heavy (non-hydrogen) atoms. The summed E-state index contributed by atoms with van der Waals surface area (Å²) < 4.78 is 0. The van der Waals surface area contributed by atoms with Crippen molar-refractivity contribution in [1.82, 2.24) is 15.2 Å². The van der Waals surface area contributed by atoms with Crippen molar-refractivity contribution in [3.05, 3.63) is 41.2 Å². The second kappa shape index (κ2) is 7.55. The van der Waals surface area contributed by atoms with Gasteiger partial charge in [-0.3, -0.25) is 9.88 Å². The molecule has 0 aliphatic carbocycles. The van der Waals surface area contributed by atoms with Crippen LogP contribution in [0.4, 0.5) is 0 Å². The van der Waals surface area contributed by atoms with E-state index in [1.54, 1.807) is 0 Å².